The predicted octanol–water partition coefficient (Wildman–Crippen LogP) is 3.81. The van der Waals surface area contributed by atoms with Crippen molar-refractivity contribution in [3.05, 3.63) is 75.9 Å². The summed E-state index contributed by atoms with van der Waals surface area (Å²) in [5.41, 5.74) is 1.14. The normalized spacial score (nSPS) is 11.8. The van der Waals surface area contributed by atoms with E-state index in [1.807, 2.05) is 6.92 Å². The predicted molar refractivity (Wildman–Crippen MR) is 102 cm³/mol. The molecule has 28 heavy (non-hydrogen) atoms. The van der Waals surface area contributed by atoms with Gasteiger partial charge in [-0.25, -0.2) is 9.18 Å². The molecule has 1 heterocycles. The fourth-order valence-electron chi connectivity index (χ4n) is 2.64. The standard InChI is InChI=1S/C21H18FNO5/c1-3-17(20(25)23-14-7-5-13(22)6-8-14)28-21(26)19-11-16(24)15-10-12(2)4-9-18(15)27-19/h4-11,17H,3H2,1-2H3,(H,23,25)/t17-/m1/s1. The Morgan fingerprint density at radius 2 is 1.86 bits per heavy atom. The lowest BCUT2D eigenvalue weighted by Gasteiger charge is -2.15. The Morgan fingerprint density at radius 3 is 2.54 bits per heavy atom. The molecule has 0 aliphatic rings. The Kier molecular flexibility index (Phi) is 5.54. The van der Waals surface area contributed by atoms with Gasteiger partial charge in [-0.15, -0.1) is 0 Å². The number of aryl methyl sites for hydroxylation is 1. The van der Waals surface area contributed by atoms with Crippen LogP contribution in [0.2, 0.25) is 0 Å². The average Bonchev–Trinajstić information content (AvgIpc) is 2.68. The monoisotopic (exact) mass is 383 g/mol. The summed E-state index contributed by atoms with van der Waals surface area (Å²) in [7, 11) is 0. The third kappa shape index (κ3) is 4.25. The first-order chi connectivity index (χ1) is 13.4. The molecule has 7 heteroatoms. The number of anilines is 1. The molecule has 0 bridgehead atoms. The molecule has 6 nitrogen and oxygen atoms in total. The van der Waals surface area contributed by atoms with Crippen LogP contribution < -0.4 is 10.7 Å². The molecule has 0 saturated heterocycles. The smallest absolute Gasteiger partial charge is 0.375 e. The molecule has 0 saturated carbocycles. The highest BCUT2D eigenvalue weighted by Crippen LogP contribution is 2.16. The molecule has 1 aromatic heterocycles. The van der Waals surface area contributed by atoms with Gasteiger partial charge in [0.05, 0.1) is 5.39 Å². The molecular formula is C21H18FNO5. The van der Waals surface area contributed by atoms with E-state index in [9.17, 15) is 18.8 Å². The minimum Gasteiger partial charge on any atom is -0.449 e. The van der Waals surface area contributed by atoms with Crippen LogP contribution in [0.15, 0.2) is 57.7 Å². The van der Waals surface area contributed by atoms with Crippen LogP contribution in [0.5, 0.6) is 0 Å². The van der Waals surface area contributed by atoms with Crippen molar-refractivity contribution in [2.45, 2.75) is 26.4 Å². The maximum absolute atomic E-state index is 13.0. The zero-order valence-corrected chi connectivity index (χ0v) is 15.3. The van der Waals surface area contributed by atoms with Crippen LogP contribution in [-0.2, 0) is 9.53 Å². The zero-order chi connectivity index (χ0) is 20.3. The molecule has 0 fully saturated rings. The van der Waals surface area contributed by atoms with Crippen LogP contribution >= 0.6 is 0 Å². The van der Waals surface area contributed by atoms with Crippen molar-refractivity contribution in [3.63, 3.8) is 0 Å². The van der Waals surface area contributed by atoms with E-state index in [0.717, 1.165) is 11.6 Å². The third-order valence-corrected chi connectivity index (χ3v) is 4.11. The fourth-order valence-corrected chi connectivity index (χ4v) is 2.64. The Balaban J connectivity index is 1.77. The second-order valence-corrected chi connectivity index (χ2v) is 6.27. The Labute approximate surface area is 159 Å². The lowest BCUT2D eigenvalue weighted by atomic mass is 10.1. The summed E-state index contributed by atoms with van der Waals surface area (Å²) in [6.07, 6.45) is -0.896. The average molecular weight is 383 g/mol. The maximum atomic E-state index is 13.0. The van der Waals surface area contributed by atoms with Gasteiger partial charge in [0.1, 0.15) is 11.4 Å². The van der Waals surface area contributed by atoms with Gasteiger partial charge in [-0.3, -0.25) is 9.59 Å². The van der Waals surface area contributed by atoms with Crippen molar-refractivity contribution >= 4 is 28.5 Å². The molecule has 0 aliphatic carbocycles. The second-order valence-electron chi connectivity index (χ2n) is 6.27. The third-order valence-electron chi connectivity index (χ3n) is 4.11. The van der Waals surface area contributed by atoms with E-state index in [2.05, 4.69) is 5.32 Å². The van der Waals surface area contributed by atoms with Gasteiger partial charge in [-0.05, 0) is 49.7 Å². The van der Waals surface area contributed by atoms with Crippen LogP contribution in [0.3, 0.4) is 0 Å². The lowest BCUT2D eigenvalue weighted by molar-refractivity contribution is -0.124. The van der Waals surface area contributed by atoms with Crippen molar-refractivity contribution < 1.29 is 23.1 Å². The first-order valence-corrected chi connectivity index (χ1v) is 8.69. The summed E-state index contributed by atoms with van der Waals surface area (Å²) in [4.78, 5) is 37.0. The van der Waals surface area contributed by atoms with Crippen molar-refractivity contribution in [2.75, 3.05) is 5.32 Å². The number of carbonyl (C=O) groups is 2. The number of rotatable bonds is 5. The van der Waals surface area contributed by atoms with Crippen LogP contribution in [0, 0.1) is 12.7 Å². The van der Waals surface area contributed by atoms with Crippen LogP contribution in [0.1, 0.15) is 29.5 Å². The summed E-state index contributed by atoms with van der Waals surface area (Å²) in [6.45, 7) is 3.51. The maximum Gasteiger partial charge on any atom is 0.375 e. The summed E-state index contributed by atoms with van der Waals surface area (Å²) in [6, 6.07) is 11.3. The summed E-state index contributed by atoms with van der Waals surface area (Å²) in [5, 5.41) is 2.91. The number of ether oxygens (including phenoxy) is 1. The second kappa shape index (κ2) is 8.04. The molecule has 3 rings (SSSR count). The number of fused-ring (bicyclic) bond motifs is 1. The van der Waals surface area contributed by atoms with Gasteiger partial charge in [0.2, 0.25) is 5.76 Å². The minimum absolute atomic E-state index is 0.204. The van der Waals surface area contributed by atoms with E-state index < -0.39 is 23.8 Å². The topological polar surface area (TPSA) is 85.6 Å². The molecule has 1 atom stereocenters. The number of esters is 1. The first kappa shape index (κ1) is 19.3. The number of carbonyl (C=O) groups excluding carboxylic acids is 2. The van der Waals surface area contributed by atoms with Gasteiger partial charge in [0.25, 0.3) is 5.91 Å². The van der Waals surface area contributed by atoms with E-state index in [0.29, 0.717) is 11.1 Å². The lowest BCUT2D eigenvalue weighted by Crippen LogP contribution is -2.32. The van der Waals surface area contributed by atoms with Gasteiger partial charge < -0.3 is 14.5 Å². The summed E-state index contributed by atoms with van der Waals surface area (Å²) >= 11 is 0. The molecule has 0 unspecified atom stereocenters. The van der Waals surface area contributed by atoms with Crippen LogP contribution in [0.4, 0.5) is 10.1 Å². The number of hydrogen-bond acceptors (Lipinski definition) is 5. The SMILES string of the molecule is CC[C@@H](OC(=O)c1cc(=O)c2cc(C)ccc2o1)C(=O)Nc1ccc(F)cc1. The van der Waals surface area contributed by atoms with E-state index in [1.165, 1.54) is 24.3 Å². The van der Waals surface area contributed by atoms with Gasteiger partial charge in [-0.1, -0.05) is 18.6 Å². The van der Waals surface area contributed by atoms with Crippen LogP contribution in [-0.4, -0.2) is 18.0 Å². The van der Waals surface area contributed by atoms with E-state index >= 15 is 0 Å². The number of halogens is 1. The molecule has 3 aromatic rings. The molecular weight excluding hydrogens is 365 g/mol. The van der Waals surface area contributed by atoms with E-state index in [-0.39, 0.29) is 23.2 Å². The molecule has 1 N–H and O–H groups in total. The van der Waals surface area contributed by atoms with E-state index in [1.54, 1.807) is 25.1 Å². The molecule has 0 radical (unpaired) electrons. The van der Waals surface area contributed by atoms with Crippen molar-refractivity contribution in [3.8, 4) is 0 Å². The van der Waals surface area contributed by atoms with Gasteiger partial charge in [0, 0.05) is 11.8 Å². The van der Waals surface area contributed by atoms with Gasteiger partial charge >= 0.3 is 5.97 Å². The Hall–Kier alpha value is -3.48. The van der Waals surface area contributed by atoms with Crippen molar-refractivity contribution in [1.29, 1.82) is 0 Å². The highest BCUT2D eigenvalue weighted by Gasteiger charge is 2.24. The number of hydrogen-bond donors (Lipinski definition) is 1. The molecule has 0 aliphatic heterocycles. The zero-order valence-electron chi connectivity index (χ0n) is 15.3. The summed E-state index contributed by atoms with van der Waals surface area (Å²) in [5.74, 6) is -2.20. The Bertz CT molecular complexity index is 1090. The van der Waals surface area contributed by atoms with Crippen molar-refractivity contribution in [1.82, 2.24) is 0 Å². The molecule has 0 spiro atoms. The van der Waals surface area contributed by atoms with E-state index in [4.69, 9.17) is 9.15 Å². The molecule has 144 valence electrons. The largest absolute Gasteiger partial charge is 0.449 e. The van der Waals surface area contributed by atoms with Gasteiger partial charge in [-0.2, -0.15) is 0 Å². The quantitative estimate of drug-likeness (QED) is 0.677. The first-order valence-electron chi connectivity index (χ1n) is 8.69. The highest BCUT2D eigenvalue weighted by atomic mass is 19.1. The Morgan fingerprint density at radius 1 is 1.14 bits per heavy atom. The van der Waals surface area contributed by atoms with Gasteiger partial charge in [0.15, 0.2) is 11.5 Å². The summed E-state index contributed by atoms with van der Waals surface area (Å²) < 4.78 is 23.6. The highest BCUT2D eigenvalue weighted by molar-refractivity contribution is 5.97. The number of nitrogens with one attached hydrogen (secondary N) is 1. The molecule has 2 aromatic carbocycles. The number of benzene rings is 2. The number of amides is 1. The fraction of sp³-hybridized carbons (Fsp3) is 0.190. The molecule has 1 amide bonds. The van der Waals surface area contributed by atoms with Crippen molar-refractivity contribution in [2.24, 2.45) is 0 Å². The minimum atomic E-state index is -1.10. The van der Waals surface area contributed by atoms with Crippen LogP contribution in [0.25, 0.3) is 11.0 Å².